The number of methoxy groups -OCH3 is 2. The summed E-state index contributed by atoms with van der Waals surface area (Å²) < 4.78 is 9.58. The Morgan fingerprint density at radius 3 is 1.81 bits per heavy atom. The summed E-state index contributed by atoms with van der Waals surface area (Å²) in [5, 5.41) is 19.6. The molecule has 3 amide bonds. The Balaban J connectivity index is 1.07. The Labute approximate surface area is 371 Å². The molecule has 5 N–H and O–H groups in total. The number of aliphatic hydroxyl groups excluding tert-OH is 1. The van der Waals surface area contributed by atoms with Crippen LogP contribution < -0.4 is 10.6 Å². The Morgan fingerprint density at radius 2 is 1.23 bits per heavy atom. The van der Waals surface area contributed by atoms with Crippen molar-refractivity contribution in [2.45, 2.75) is 103 Å². The summed E-state index contributed by atoms with van der Waals surface area (Å²) in [6, 6.07) is 18.4. The number of imidazole rings is 2. The van der Waals surface area contributed by atoms with Gasteiger partial charge in [-0.2, -0.15) is 0 Å². The summed E-state index contributed by atoms with van der Waals surface area (Å²) in [6.07, 6.45) is 0.676. The number of nitrogens with zero attached hydrogens (tertiary/aromatic N) is 4. The monoisotopic (exact) mass is 884 g/mol. The molecular weight excluding hydrogens is 831 g/mol. The highest BCUT2D eigenvalue weighted by atomic mass is 35.5. The number of carbonyl (C=O) groups is 3. The fourth-order valence-electron chi connectivity index (χ4n) is 8.87. The van der Waals surface area contributed by atoms with Crippen molar-refractivity contribution in [1.29, 1.82) is 0 Å². The molecule has 328 valence electrons. The number of carbonyl (C=O) groups excluding carboxylic acids is 3. The molecule has 62 heavy (non-hydrogen) atoms. The van der Waals surface area contributed by atoms with Crippen LogP contribution >= 0.6 is 23.2 Å². The minimum Gasteiger partial charge on any atom is -0.453 e. The first-order valence-corrected chi connectivity index (χ1v) is 21.6. The van der Waals surface area contributed by atoms with Gasteiger partial charge in [-0.15, -0.1) is 0 Å². The molecule has 16 heteroatoms. The van der Waals surface area contributed by atoms with Crippen LogP contribution in [-0.2, 0) is 14.3 Å². The number of hydrogen-bond acceptors (Lipinski definition) is 9. The maximum absolute atomic E-state index is 13.9. The zero-order valence-corrected chi connectivity index (χ0v) is 37.5. The number of likely N-dealkylation sites (tertiary alicyclic amines) is 2. The van der Waals surface area contributed by atoms with Gasteiger partial charge >= 0.3 is 12.2 Å². The van der Waals surface area contributed by atoms with Gasteiger partial charge in [0, 0.05) is 23.2 Å². The molecule has 3 aromatic carbocycles. The Kier molecular flexibility index (Phi) is 13.3. The molecule has 2 saturated heterocycles. The number of hydrogen-bond donors (Lipinski definition) is 5. The van der Waals surface area contributed by atoms with E-state index in [-0.39, 0.29) is 36.0 Å². The zero-order valence-electron chi connectivity index (χ0n) is 36.0. The normalized spacial score (nSPS) is 20.6. The SMILES string of the molecule is C=C(C)[C@H](NC(=O)OC)C(O)N1[C@@H](C)CC[C@H]1c1nc(Cl)c(-c2ccc(-c3ccc4cc(-c5[nH]c([C@@H]6CC[C@H](C)N6C(=O)[C@@H](NC(=O)OC)C(C)C)nc5Cl)ccc4c3)cc2)[nH]1. The van der Waals surface area contributed by atoms with Gasteiger partial charge in [-0.05, 0) is 86.4 Å². The molecule has 0 aliphatic carbocycles. The lowest BCUT2D eigenvalue weighted by Crippen LogP contribution is -2.53. The number of aromatic nitrogens is 4. The second-order valence-electron chi connectivity index (χ2n) is 16.7. The number of rotatable bonds is 12. The van der Waals surface area contributed by atoms with E-state index in [1.807, 2.05) is 62.9 Å². The smallest absolute Gasteiger partial charge is 0.407 e. The summed E-state index contributed by atoms with van der Waals surface area (Å²) in [5.41, 5.74) is 5.72. The van der Waals surface area contributed by atoms with Crippen LogP contribution in [0.2, 0.25) is 10.3 Å². The van der Waals surface area contributed by atoms with Crippen molar-refractivity contribution in [3.63, 3.8) is 0 Å². The predicted molar refractivity (Wildman–Crippen MR) is 240 cm³/mol. The van der Waals surface area contributed by atoms with Crippen molar-refractivity contribution in [1.82, 2.24) is 40.4 Å². The number of H-pyrrole nitrogens is 2. The molecule has 0 radical (unpaired) electrons. The molecule has 5 aromatic rings. The summed E-state index contributed by atoms with van der Waals surface area (Å²) >= 11 is 13.5. The van der Waals surface area contributed by atoms with E-state index in [1.165, 1.54) is 14.2 Å². The largest absolute Gasteiger partial charge is 0.453 e. The van der Waals surface area contributed by atoms with E-state index in [4.69, 9.17) is 42.6 Å². The van der Waals surface area contributed by atoms with Crippen LogP contribution in [-0.4, -0.2) is 97.6 Å². The number of halogens is 2. The van der Waals surface area contributed by atoms with Gasteiger partial charge in [0.1, 0.15) is 23.9 Å². The number of aliphatic hydroxyl groups is 1. The van der Waals surface area contributed by atoms with Gasteiger partial charge in [0.2, 0.25) is 5.91 Å². The molecular formula is C46H54Cl2N8O6. The highest BCUT2D eigenvalue weighted by Gasteiger charge is 2.43. The number of fused-ring (bicyclic) bond motifs is 1. The quantitative estimate of drug-likeness (QED) is 0.0765. The van der Waals surface area contributed by atoms with Crippen LogP contribution in [0.3, 0.4) is 0 Å². The van der Waals surface area contributed by atoms with Gasteiger partial charge in [0.05, 0.1) is 43.7 Å². The first kappa shape index (κ1) is 44.6. The maximum Gasteiger partial charge on any atom is 0.407 e. The molecule has 0 saturated carbocycles. The Hall–Kier alpha value is -5.41. The third-order valence-corrected chi connectivity index (χ3v) is 12.8. The van der Waals surface area contributed by atoms with E-state index in [1.54, 1.807) is 11.8 Å². The van der Waals surface area contributed by atoms with Crippen LogP contribution in [0.5, 0.6) is 0 Å². The van der Waals surface area contributed by atoms with Crippen molar-refractivity contribution in [2.75, 3.05) is 14.2 Å². The van der Waals surface area contributed by atoms with Crippen molar-refractivity contribution in [2.24, 2.45) is 5.92 Å². The van der Waals surface area contributed by atoms with Gasteiger partial charge < -0.3 is 40.1 Å². The summed E-state index contributed by atoms with van der Waals surface area (Å²) in [5.74, 6) is 0.896. The highest BCUT2D eigenvalue weighted by molar-refractivity contribution is 6.32. The van der Waals surface area contributed by atoms with Crippen molar-refractivity contribution < 1.29 is 29.0 Å². The minimum atomic E-state index is -1.07. The third-order valence-electron chi connectivity index (χ3n) is 12.3. The first-order chi connectivity index (χ1) is 29.6. The average molecular weight is 886 g/mol. The lowest BCUT2D eigenvalue weighted by Gasteiger charge is -2.37. The number of aromatic amines is 2. The van der Waals surface area contributed by atoms with E-state index in [0.29, 0.717) is 45.3 Å². The fourth-order valence-corrected chi connectivity index (χ4v) is 9.36. The van der Waals surface area contributed by atoms with Crippen LogP contribution in [0.4, 0.5) is 9.59 Å². The summed E-state index contributed by atoms with van der Waals surface area (Å²) in [4.78, 5) is 58.0. The molecule has 2 aliphatic heterocycles. The molecule has 4 heterocycles. The van der Waals surface area contributed by atoms with Crippen LogP contribution in [0.15, 0.2) is 72.8 Å². The standard InChI is InChI=1S/C46H54Cl2N8O6/c1-23(2)35(51-45(59)61-7)43(57)55-25(5)9-19-33(55)41-49-37(39(47)53-41)28-13-11-27(12-14-28)29-15-16-31-22-32(18-17-30(31)21-29)38-40(48)54-42(50-38)34-20-10-26(6)56(34)44(58)36(24(3)4)52-46(60)62-8/h11-18,21-22,24-26,33-36,43,57H,1,9-10,19-20H2,2-8H3,(H,49,53)(H,50,54)(H,51,59)(H,52,60)/t25-,26-,33-,34-,35-,36-,43?/m0/s1. The number of ether oxygens (including phenoxy) is 2. The molecule has 2 fully saturated rings. The Bertz CT molecular complexity index is 2470. The van der Waals surface area contributed by atoms with Gasteiger partial charge in [-0.1, -0.05) is 97.7 Å². The van der Waals surface area contributed by atoms with Gasteiger partial charge in [0.15, 0.2) is 10.3 Å². The minimum absolute atomic E-state index is 0.00562. The topological polar surface area (TPSA) is 178 Å². The van der Waals surface area contributed by atoms with Crippen LogP contribution in [0, 0.1) is 5.92 Å². The molecule has 7 rings (SSSR count). The lowest BCUT2D eigenvalue weighted by molar-refractivity contribution is -0.137. The second kappa shape index (κ2) is 18.5. The van der Waals surface area contributed by atoms with E-state index < -0.39 is 30.5 Å². The average Bonchev–Trinajstić information content (AvgIpc) is 4.05. The second-order valence-corrected chi connectivity index (χ2v) is 17.5. The van der Waals surface area contributed by atoms with Crippen molar-refractivity contribution in [3.05, 3.63) is 94.8 Å². The molecule has 0 bridgehead atoms. The molecule has 2 aromatic heterocycles. The van der Waals surface area contributed by atoms with Gasteiger partial charge in [-0.25, -0.2) is 19.6 Å². The van der Waals surface area contributed by atoms with Crippen LogP contribution in [0.25, 0.3) is 44.4 Å². The molecule has 14 nitrogen and oxygen atoms in total. The van der Waals surface area contributed by atoms with Crippen LogP contribution in [0.1, 0.15) is 84.0 Å². The zero-order chi connectivity index (χ0) is 44.6. The molecule has 7 atom stereocenters. The first-order valence-electron chi connectivity index (χ1n) is 20.9. The predicted octanol–water partition coefficient (Wildman–Crippen LogP) is 9.17. The molecule has 2 aliphatic rings. The lowest BCUT2D eigenvalue weighted by atomic mass is 9.98. The third kappa shape index (κ3) is 8.92. The number of amides is 3. The molecule has 0 spiro atoms. The molecule has 1 unspecified atom stereocenters. The van der Waals surface area contributed by atoms with E-state index in [2.05, 4.69) is 57.5 Å². The number of alkyl carbamates (subject to hydrolysis) is 2. The van der Waals surface area contributed by atoms with Gasteiger partial charge in [0.25, 0.3) is 0 Å². The van der Waals surface area contributed by atoms with Crippen molar-refractivity contribution in [3.8, 4) is 33.6 Å². The van der Waals surface area contributed by atoms with E-state index in [9.17, 15) is 19.5 Å². The Morgan fingerprint density at radius 1 is 0.742 bits per heavy atom. The van der Waals surface area contributed by atoms with E-state index >= 15 is 0 Å². The summed E-state index contributed by atoms with van der Waals surface area (Å²) in [7, 11) is 2.56. The maximum atomic E-state index is 13.9. The number of benzene rings is 3. The fraction of sp³-hybridized carbons (Fsp3) is 0.413. The van der Waals surface area contributed by atoms with E-state index in [0.717, 1.165) is 52.3 Å². The summed E-state index contributed by atoms with van der Waals surface area (Å²) in [6.45, 7) is 13.6. The van der Waals surface area contributed by atoms with Gasteiger partial charge in [-0.3, -0.25) is 9.69 Å². The number of nitrogens with one attached hydrogen (secondary N) is 4. The van der Waals surface area contributed by atoms with Crippen molar-refractivity contribution >= 4 is 52.1 Å². The highest BCUT2D eigenvalue weighted by Crippen LogP contribution is 2.41.